The number of halogens is 1. The number of rotatable bonds is 3. The first kappa shape index (κ1) is 13.0. The third-order valence-electron chi connectivity index (χ3n) is 3.46. The van der Waals surface area contributed by atoms with Gasteiger partial charge < -0.3 is 10.4 Å². The highest BCUT2D eigenvalue weighted by Crippen LogP contribution is 2.35. The van der Waals surface area contributed by atoms with E-state index in [9.17, 15) is 9.18 Å². The Bertz CT molecular complexity index is 453. The van der Waals surface area contributed by atoms with Gasteiger partial charge in [0.1, 0.15) is 5.67 Å². The summed E-state index contributed by atoms with van der Waals surface area (Å²) < 4.78 is 14.1. The second-order valence-corrected chi connectivity index (χ2v) is 5.29. The number of carbonyl (C=O) groups is 1. The maximum Gasteiger partial charge on any atom is 0.307 e. The number of benzene rings is 1. The first-order chi connectivity index (χ1) is 8.39. The molecule has 1 aliphatic heterocycles. The SMILES string of the molecule is CC(C)(F)c1ccccc1C1CC(C(=O)O)CN1. The Morgan fingerprint density at radius 1 is 1.44 bits per heavy atom. The summed E-state index contributed by atoms with van der Waals surface area (Å²) in [6.07, 6.45) is 0.516. The van der Waals surface area contributed by atoms with Crippen LogP contribution in [-0.4, -0.2) is 17.6 Å². The maximum atomic E-state index is 14.1. The summed E-state index contributed by atoms with van der Waals surface area (Å²) in [5.74, 6) is -1.17. The van der Waals surface area contributed by atoms with Crippen LogP contribution in [-0.2, 0) is 10.5 Å². The molecule has 1 aromatic rings. The molecule has 1 heterocycles. The van der Waals surface area contributed by atoms with E-state index in [1.807, 2.05) is 18.2 Å². The topological polar surface area (TPSA) is 49.3 Å². The summed E-state index contributed by atoms with van der Waals surface area (Å²) in [7, 11) is 0. The summed E-state index contributed by atoms with van der Waals surface area (Å²) >= 11 is 0. The lowest BCUT2D eigenvalue weighted by Gasteiger charge is -2.22. The van der Waals surface area contributed by atoms with Crippen molar-refractivity contribution in [3.05, 3.63) is 35.4 Å². The molecule has 18 heavy (non-hydrogen) atoms. The lowest BCUT2D eigenvalue weighted by Crippen LogP contribution is -2.20. The van der Waals surface area contributed by atoms with Crippen LogP contribution in [0.25, 0.3) is 0 Å². The van der Waals surface area contributed by atoms with Crippen molar-refractivity contribution < 1.29 is 14.3 Å². The minimum absolute atomic E-state index is 0.0719. The summed E-state index contributed by atoms with van der Waals surface area (Å²) in [6.45, 7) is 3.49. The van der Waals surface area contributed by atoms with Crippen LogP contribution in [0.15, 0.2) is 24.3 Å². The molecular formula is C14H18FNO2. The van der Waals surface area contributed by atoms with E-state index in [0.717, 1.165) is 5.56 Å². The molecule has 0 aliphatic carbocycles. The van der Waals surface area contributed by atoms with Gasteiger partial charge in [-0.05, 0) is 31.4 Å². The molecule has 0 saturated carbocycles. The number of alkyl halides is 1. The van der Waals surface area contributed by atoms with Crippen molar-refractivity contribution in [2.45, 2.75) is 32.0 Å². The molecule has 0 spiro atoms. The average Bonchev–Trinajstić information content (AvgIpc) is 2.77. The van der Waals surface area contributed by atoms with Crippen molar-refractivity contribution >= 4 is 5.97 Å². The number of aliphatic carboxylic acids is 1. The van der Waals surface area contributed by atoms with Gasteiger partial charge in [0.25, 0.3) is 0 Å². The van der Waals surface area contributed by atoms with Crippen LogP contribution >= 0.6 is 0 Å². The third-order valence-corrected chi connectivity index (χ3v) is 3.46. The number of hydrogen-bond donors (Lipinski definition) is 2. The fourth-order valence-corrected chi connectivity index (χ4v) is 2.50. The van der Waals surface area contributed by atoms with Gasteiger partial charge in [-0.1, -0.05) is 24.3 Å². The molecule has 1 saturated heterocycles. The second-order valence-electron chi connectivity index (χ2n) is 5.29. The number of carboxylic acids is 1. The van der Waals surface area contributed by atoms with Crippen LogP contribution < -0.4 is 5.32 Å². The zero-order valence-electron chi connectivity index (χ0n) is 10.6. The lowest BCUT2D eigenvalue weighted by molar-refractivity contribution is -0.141. The van der Waals surface area contributed by atoms with Gasteiger partial charge in [-0.2, -0.15) is 0 Å². The predicted molar refractivity (Wildman–Crippen MR) is 67.1 cm³/mol. The van der Waals surface area contributed by atoms with E-state index in [0.29, 0.717) is 18.5 Å². The number of nitrogens with one attached hydrogen (secondary N) is 1. The van der Waals surface area contributed by atoms with Gasteiger partial charge in [0.2, 0.25) is 0 Å². The Morgan fingerprint density at radius 3 is 2.67 bits per heavy atom. The van der Waals surface area contributed by atoms with Crippen molar-refractivity contribution in [3.8, 4) is 0 Å². The Kier molecular flexibility index (Phi) is 3.39. The highest BCUT2D eigenvalue weighted by atomic mass is 19.1. The van der Waals surface area contributed by atoms with Crippen LogP contribution in [0.3, 0.4) is 0 Å². The van der Waals surface area contributed by atoms with Crippen LogP contribution in [0.2, 0.25) is 0 Å². The molecule has 3 nitrogen and oxygen atoms in total. The Labute approximate surface area is 106 Å². The quantitative estimate of drug-likeness (QED) is 0.868. The van der Waals surface area contributed by atoms with E-state index in [1.165, 1.54) is 13.8 Å². The van der Waals surface area contributed by atoms with Gasteiger partial charge in [0.15, 0.2) is 0 Å². The zero-order chi connectivity index (χ0) is 13.3. The molecule has 2 atom stereocenters. The average molecular weight is 251 g/mol. The van der Waals surface area contributed by atoms with E-state index in [-0.39, 0.29) is 12.0 Å². The molecule has 4 heteroatoms. The monoisotopic (exact) mass is 251 g/mol. The second kappa shape index (κ2) is 4.69. The maximum absolute atomic E-state index is 14.1. The Morgan fingerprint density at radius 2 is 2.11 bits per heavy atom. The van der Waals surface area contributed by atoms with Gasteiger partial charge in [-0.3, -0.25) is 4.79 Å². The van der Waals surface area contributed by atoms with Gasteiger partial charge in [-0.25, -0.2) is 4.39 Å². The summed E-state index contributed by atoms with van der Waals surface area (Å²) in [4.78, 5) is 10.9. The number of carboxylic acid groups (broad SMARTS) is 1. The predicted octanol–water partition coefficient (Wildman–Crippen LogP) is 2.63. The lowest BCUT2D eigenvalue weighted by atomic mass is 9.89. The summed E-state index contributed by atoms with van der Waals surface area (Å²) in [6, 6.07) is 7.24. The first-order valence-electron chi connectivity index (χ1n) is 6.14. The molecule has 2 N–H and O–H groups in total. The minimum atomic E-state index is -1.42. The van der Waals surface area contributed by atoms with Gasteiger partial charge >= 0.3 is 5.97 Å². The van der Waals surface area contributed by atoms with Crippen molar-refractivity contribution in [3.63, 3.8) is 0 Å². The zero-order valence-corrected chi connectivity index (χ0v) is 10.6. The summed E-state index contributed by atoms with van der Waals surface area (Å²) in [5, 5.41) is 12.2. The molecule has 1 aromatic carbocycles. The highest BCUT2D eigenvalue weighted by Gasteiger charge is 2.33. The molecule has 0 aromatic heterocycles. The normalized spacial score (nSPS) is 24.2. The van der Waals surface area contributed by atoms with Crippen molar-refractivity contribution in [1.29, 1.82) is 0 Å². The van der Waals surface area contributed by atoms with Crippen LogP contribution in [0.5, 0.6) is 0 Å². The van der Waals surface area contributed by atoms with E-state index >= 15 is 0 Å². The molecular weight excluding hydrogens is 233 g/mol. The fraction of sp³-hybridized carbons (Fsp3) is 0.500. The molecule has 1 fully saturated rings. The van der Waals surface area contributed by atoms with Gasteiger partial charge in [0, 0.05) is 12.6 Å². The number of hydrogen-bond acceptors (Lipinski definition) is 2. The highest BCUT2D eigenvalue weighted by molar-refractivity contribution is 5.70. The van der Waals surface area contributed by atoms with Crippen molar-refractivity contribution in [2.75, 3.05) is 6.54 Å². The molecule has 0 bridgehead atoms. The third kappa shape index (κ3) is 2.53. The largest absolute Gasteiger partial charge is 0.481 e. The molecule has 0 amide bonds. The Hall–Kier alpha value is -1.42. The van der Waals surface area contributed by atoms with Crippen LogP contribution in [0.1, 0.15) is 37.4 Å². The molecule has 98 valence electrons. The van der Waals surface area contributed by atoms with E-state index in [2.05, 4.69) is 5.32 Å². The van der Waals surface area contributed by atoms with Crippen molar-refractivity contribution in [2.24, 2.45) is 5.92 Å². The van der Waals surface area contributed by atoms with E-state index in [1.54, 1.807) is 6.07 Å². The molecule has 2 unspecified atom stereocenters. The van der Waals surface area contributed by atoms with Crippen molar-refractivity contribution in [1.82, 2.24) is 5.32 Å². The minimum Gasteiger partial charge on any atom is -0.481 e. The Balaban J connectivity index is 2.27. The molecule has 2 rings (SSSR count). The first-order valence-corrected chi connectivity index (χ1v) is 6.14. The van der Waals surface area contributed by atoms with Gasteiger partial charge in [-0.15, -0.1) is 0 Å². The summed E-state index contributed by atoms with van der Waals surface area (Å²) in [5.41, 5.74) is 0.0850. The van der Waals surface area contributed by atoms with Crippen LogP contribution in [0, 0.1) is 5.92 Å². The van der Waals surface area contributed by atoms with E-state index < -0.39 is 11.6 Å². The molecule has 1 aliphatic rings. The van der Waals surface area contributed by atoms with E-state index in [4.69, 9.17) is 5.11 Å². The van der Waals surface area contributed by atoms with Crippen LogP contribution in [0.4, 0.5) is 4.39 Å². The standard InChI is InChI=1S/C14H18FNO2/c1-14(2,15)11-6-4-3-5-10(11)12-7-9(8-16-12)13(17)18/h3-6,9,12,16H,7-8H2,1-2H3,(H,17,18). The fourth-order valence-electron chi connectivity index (χ4n) is 2.50. The van der Waals surface area contributed by atoms with Gasteiger partial charge in [0.05, 0.1) is 5.92 Å². The molecule has 0 radical (unpaired) electrons. The smallest absolute Gasteiger partial charge is 0.307 e.